The predicted octanol–water partition coefficient (Wildman–Crippen LogP) is 1.60. The number of carboxylic acid groups (broad SMARTS) is 1. The summed E-state index contributed by atoms with van der Waals surface area (Å²) in [5.74, 6) is -2.24. The second-order valence-electron chi connectivity index (χ2n) is 5.19. The van der Waals surface area contributed by atoms with Gasteiger partial charge < -0.3 is 5.11 Å². The molecule has 0 aromatic heterocycles. The first-order valence-corrected chi connectivity index (χ1v) is 7.03. The van der Waals surface area contributed by atoms with Crippen molar-refractivity contribution < 1.29 is 22.7 Å². The SMILES string of the molecule is CC(C)(C)[C@@H](NS(=O)(=O)c1ccccc1F)C(=O)O. The summed E-state index contributed by atoms with van der Waals surface area (Å²) in [5, 5.41) is 9.07. The third kappa shape index (κ3) is 3.74. The molecule has 2 N–H and O–H groups in total. The van der Waals surface area contributed by atoms with Gasteiger partial charge in [-0.3, -0.25) is 4.79 Å². The molecule has 5 nitrogen and oxygen atoms in total. The summed E-state index contributed by atoms with van der Waals surface area (Å²) in [5.41, 5.74) is -0.843. The Kier molecular flexibility index (Phi) is 4.32. The van der Waals surface area contributed by atoms with Gasteiger partial charge >= 0.3 is 5.97 Å². The quantitative estimate of drug-likeness (QED) is 0.882. The summed E-state index contributed by atoms with van der Waals surface area (Å²) in [6.45, 7) is 4.74. The molecule has 0 bridgehead atoms. The van der Waals surface area contributed by atoms with Gasteiger partial charge in [0.25, 0.3) is 0 Å². The van der Waals surface area contributed by atoms with Crippen LogP contribution in [0.5, 0.6) is 0 Å². The number of halogens is 1. The standard InChI is InChI=1S/C12H16FNO4S/c1-12(2,3)10(11(15)16)14-19(17,18)9-7-5-4-6-8(9)13/h4-7,10,14H,1-3H3,(H,15,16)/t10-/m0/s1. The van der Waals surface area contributed by atoms with Crippen molar-refractivity contribution in [1.29, 1.82) is 0 Å². The Morgan fingerprint density at radius 3 is 2.26 bits per heavy atom. The number of aliphatic carboxylic acids is 1. The lowest BCUT2D eigenvalue weighted by Crippen LogP contribution is -2.49. The van der Waals surface area contributed by atoms with Crippen LogP contribution in [-0.4, -0.2) is 25.5 Å². The number of hydrogen-bond acceptors (Lipinski definition) is 3. The van der Waals surface area contributed by atoms with E-state index < -0.39 is 38.2 Å². The fourth-order valence-corrected chi connectivity index (χ4v) is 2.95. The van der Waals surface area contributed by atoms with E-state index >= 15 is 0 Å². The largest absolute Gasteiger partial charge is 0.480 e. The Balaban J connectivity index is 3.16. The molecule has 1 rings (SSSR count). The van der Waals surface area contributed by atoms with E-state index in [2.05, 4.69) is 0 Å². The van der Waals surface area contributed by atoms with Crippen LogP contribution < -0.4 is 4.72 Å². The van der Waals surface area contributed by atoms with Crippen LogP contribution in [0.1, 0.15) is 20.8 Å². The van der Waals surface area contributed by atoms with Gasteiger partial charge in [0.15, 0.2) is 0 Å². The highest BCUT2D eigenvalue weighted by Gasteiger charge is 2.35. The molecular weight excluding hydrogens is 273 g/mol. The summed E-state index contributed by atoms with van der Waals surface area (Å²) in [4.78, 5) is 10.6. The summed E-state index contributed by atoms with van der Waals surface area (Å²) in [7, 11) is -4.22. The first kappa shape index (κ1) is 15.6. The zero-order valence-electron chi connectivity index (χ0n) is 10.8. The average Bonchev–Trinajstić information content (AvgIpc) is 2.24. The topological polar surface area (TPSA) is 83.5 Å². The molecule has 0 aliphatic heterocycles. The second kappa shape index (κ2) is 5.26. The zero-order valence-corrected chi connectivity index (χ0v) is 11.7. The van der Waals surface area contributed by atoms with Crippen molar-refractivity contribution in [2.75, 3.05) is 0 Å². The van der Waals surface area contributed by atoms with Gasteiger partial charge in [-0.15, -0.1) is 0 Å². The van der Waals surface area contributed by atoms with Crippen LogP contribution in [0.3, 0.4) is 0 Å². The van der Waals surface area contributed by atoms with Crippen molar-refractivity contribution in [2.24, 2.45) is 5.41 Å². The van der Waals surface area contributed by atoms with Crippen molar-refractivity contribution in [2.45, 2.75) is 31.7 Å². The number of benzene rings is 1. The van der Waals surface area contributed by atoms with Crippen molar-refractivity contribution in [3.63, 3.8) is 0 Å². The van der Waals surface area contributed by atoms with Crippen LogP contribution in [-0.2, 0) is 14.8 Å². The van der Waals surface area contributed by atoms with Crippen molar-refractivity contribution in [3.05, 3.63) is 30.1 Å². The lowest BCUT2D eigenvalue weighted by atomic mass is 9.88. The Morgan fingerprint density at radius 2 is 1.84 bits per heavy atom. The monoisotopic (exact) mass is 289 g/mol. The minimum Gasteiger partial charge on any atom is -0.480 e. The molecule has 0 unspecified atom stereocenters. The maximum atomic E-state index is 13.5. The molecule has 0 saturated carbocycles. The highest BCUT2D eigenvalue weighted by molar-refractivity contribution is 7.89. The molecule has 0 aliphatic rings. The lowest BCUT2D eigenvalue weighted by Gasteiger charge is -2.27. The highest BCUT2D eigenvalue weighted by Crippen LogP contribution is 2.22. The van der Waals surface area contributed by atoms with Gasteiger partial charge in [0.1, 0.15) is 16.8 Å². The van der Waals surface area contributed by atoms with E-state index in [1.807, 2.05) is 4.72 Å². The Labute approximate surface area is 111 Å². The molecule has 0 saturated heterocycles. The molecule has 0 amide bonds. The molecule has 1 aromatic rings. The molecule has 0 heterocycles. The lowest BCUT2D eigenvalue weighted by molar-refractivity contribution is -0.141. The van der Waals surface area contributed by atoms with Gasteiger partial charge in [0.2, 0.25) is 10.0 Å². The van der Waals surface area contributed by atoms with Crippen LogP contribution in [0.2, 0.25) is 0 Å². The molecule has 1 atom stereocenters. The second-order valence-corrected chi connectivity index (χ2v) is 6.87. The number of carbonyl (C=O) groups is 1. The first-order valence-electron chi connectivity index (χ1n) is 5.55. The van der Waals surface area contributed by atoms with Crippen molar-refractivity contribution >= 4 is 16.0 Å². The van der Waals surface area contributed by atoms with E-state index in [4.69, 9.17) is 5.11 Å². The van der Waals surface area contributed by atoms with Crippen LogP contribution in [0.15, 0.2) is 29.2 Å². The molecule has 19 heavy (non-hydrogen) atoms. The molecule has 7 heteroatoms. The number of nitrogens with one attached hydrogen (secondary N) is 1. The van der Waals surface area contributed by atoms with Gasteiger partial charge in [-0.1, -0.05) is 32.9 Å². The van der Waals surface area contributed by atoms with E-state index in [0.717, 1.165) is 12.1 Å². The van der Waals surface area contributed by atoms with Gasteiger partial charge in [0.05, 0.1) is 0 Å². The number of sulfonamides is 1. The van der Waals surface area contributed by atoms with Crippen LogP contribution in [0.25, 0.3) is 0 Å². The maximum Gasteiger partial charge on any atom is 0.322 e. The molecule has 0 fully saturated rings. The van der Waals surface area contributed by atoms with Gasteiger partial charge in [0, 0.05) is 0 Å². The predicted molar refractivity (Wildman–Crippen MR) is 67.6 cm³/mol. The van der Waals surface area contributed by atoms with Gasteiger partial charge in [-0.2, -0.15) is 4.72 Å². The van der Waals surface area contributed by atoms with E-state index in [0.29, 0.717) is 0 Å². The fourth-order valence-electron chi connectivity index (χ4n) is 1.48. The van der Waals surface area contributed by atoms with Gasteiger partial charge in [-0.05, 0) is 17.5 Å². The zero-order chi connectivity index (χ0) is 14.8. The Hall–Kier alpha value is -1.47. The summed E-state index contributed by atoms with van der Waals surface area (Å²) >= 11 is 0. The maximum absolute atomic E-state index is 13.5. The molecular formula is C12H16FNO4S. The van der Waals surface area contributed by atoms with Gasteiger partial charge in [-0.25, -0.2) is 12.8 Å². The van der Waals surface area contributed by atoms with E-state index in [1.54, 1.807) is 20.8 Å². The fraction of sp³-hybridized carbons (Fsp3) is 0.417. The normalized spacial score (nSPS) is 14.1. The molecule has 106 valence electrons. The third-order valence-corrected chi connectivity index (χ3v) is 3.97. The smallest absolute Gasteiger partial charge is 0.322 e. The molecule has 0 aliphatic carbocycles. The average molecular weight is 289 g/mol. The van der Waals surface area contributed by atoms with Crippen molar-refractivity contribution in [3.8, 4) is 0 Å². The van der Waals surface area contributed by atoms with E-state index in [1.165, 1.54) is 12.1 Å². The Morgan fingerprint density at radius 1 is 1.32 bits per heavy atom. The Bertz CT molecular complexity index is 578. The number of hydrogen-bond donors (Lipinski definition) is 2. The third-order valence-electron chi connectivity index (χ3n) is 2.51. The first-order chi connectivity index (χ1) is 8.55. The van der Waals surface area contributed by atoms with Crippen LogP contribution >= 0.6 is 0 Å². The molecule has 1 aromatic carbocycles. The minimum absolute atomic E-state index is 0.564. The van der Waals surface area contributed by atoms with Crippen LogP contribution in [0.4, 0.5) is 4.39 Å². The summed E-state index contributed by atoms with van der Waals surface area (Å²) < 4.78 is 39.5. The molecule has 0 radical (unpaired) electrons. The van der Waals surface area contributed by atoms with E-state index in [-0.39, 0.29) is 0 Å². The summed E-state index contributed by atoms with van der Waals surface area (Å²) in [6.07, 6.45) is 0. The minimum atomic E-state index is -4.22. The highest BCUT2D eigenvalue weighted by atomic mass is 32.2. The van der Waals surface area contributed by atoms with Crippen molar-refractivity contribution in [1.82, 2.24) is 4.72 Å². The summed E-state index contributed by atoms with van der Waals surface area (Å²) in [6, 6.07) is 3.45. The molecule has 0 spiro atoms. The van der Waals surface area contributed by atoms with Crippen LogP contribution in [0, 0.1) is 11.2 Å². The van der Waals surface area contributed by atoms with E-state index in [9.17, 15) is 17.6 Å². The number of carboxylic acids is 1. The number of rotatable bonds is 4.